The third-order valence-corrected chi connectivity index (χ3v) is 8.30. The first kappa shape index (κ1) is 18.9. The van der Waals surface area contributed by atoms with Gasteiger partial charge >= 0.3 is 0 Å². The van der Waals surface area contributed by atoms with E-state index in [1.54, 1.807) is 0 Å². The number of fused-ring (bicyclic) bond motifs is 3. The van der Waals surface area contributed by atoms with E-state index in [1.807, 2.05) is 0 Å². The summed E-state index contributed by atoms with van der Waals surface area (Å²) in [5.41, 5.74) is -0.342. The maximum Gasteiger partial charge on any atom is 0.190 e. The smallest absolute Gasteiger partial charge is 0.190 e. The highest BCUT2D eigenvalue weighted by atomic mass is 35.5. The van der Waals surface area contributed by atoms with Crippen molar-refractivity contribution in [3.05, 3.63) is 57.6 Å². The Morgan fingerprint density at radius 2 is 1.89 bits per heavy atom. The Morgan fingerprint density at radius 1 is 1.19 bits per heavy atom. The van der Waals surface area contributed by atoms with Gasteiger partial charge in [-0.05, 0) is 49.7 Å². The lowest BCUT2D eigenvalue weighted by atomic mass is 9.81. The zero-order chi connectivity index (χ0) is 19.4. The zero-order valence-corrected chi connectivity index (χ0v) is 16.3. The molecular weight excluding hydrogens is 419 g/mol. The van der Waals surface area contributed by atoms with Gasteiger partial charge < -0.3 is 10.1 Å². The van der Waals surface area contributed by atoms with Crippen LogP contribution < -0.4 is 10.1 Å². The molecule has 1 saturated heterocycles. The fourth-order valence-corrected chi connectivity index (χ4v) is 6.62. The molecule has 1 N–H and O–H groups in total. The summed E-state index contributed by atoms with van der Waals surface area (Å²) in [5, 5.41) is 2.99. The molecule has 0 saturated carbocycles. The molecule has 2 atom stereocenters. The Bertz CT molecular complexity index is 1010. The van der Waals surface area contributed by atoms with Crippen molar-refractivity contribution in [2.24, 2.45) is 0 Å². The minimum Gasteiger partial charge on any atom is -0.488 e. The van der Waals surface area contributed by atoms with Crippen LogP contribution in [0.5, 0.6) is 5.75 Å². The number of nitrogens with one attached hydrogen (secondary N) is 1. The maximum atomic E-state index is 15.1. The lowest BCUT2D eigenvalue weighted by Crippen LogP contribution is -2.61. The molecule has 1 fully saturated rings. The largest absolute Gasteiger partial charge is 0.488 e. The number of hydrogen-bond donors (Lipinski definition) is 1. The fraction of sp³-hybridized carbons (Fsp3) is 0.333. The van der Waals surface area contributed by atoms with Gasteiger partial charge in [-0.1, -0.05) is 23.2 Å². The minimum absolute atomic E-state index is 0.0202. The second kappa shape index (κ2) is 6.58. The Labute approximate surface area is 165 Å². The Hall–Kier alpha value is -1.41. The minimum atomic E-state index is -4.14. The van der Waals surface area contributed by atoms with Gasteiger partial charge in [-0.2, -0.15) is 0 Å². The van der Waals surface area contributed by atoms with Gasteiger partial charge in [-0.3, -0.25) is 0 Å². The monoisotopic (exact) mass is 433 g/mol. The summed E-state index contributed by atoms with van der Waals surface area (Å²) >= 11 is 11.7. The van der Waals surface area contributed by atoms with Crippen LogP contribution in [0.25, 0.3) is 0 Å². The Kier molecular flexibility index (Phi) is 4.62. The predicted molar refractivity (Wildman–Crippen MR) is 98.2 cm³/mol. The van der Waals surface area contributed by atoms with Gasteiger partial charge in [0.2, 0.25) is 0 Å². The van der Waals surface area contributed by atoms with Gasteiger partial charge in [0.25, 0.3) is 0 Å². The highest BCUT2D eigenvalue weighted by Crippen LogP contribution is 2.52. The van der Waals surface area contributed by atoms with E-state index in [0.717, 1.165) is 6.07 Å². The average Bonchev–Trinajstić information content (AvgIpc) is 2.65. The van der Waals surface area contributed by atoms with E-state index >= 15 is 4.39 Å². The molecule has 0 aliphatic carbocycles. The maximum absolute atomic E-state index is 15.1. The van der Waals surface area contributed by atoms with E-state index in [2.05, 4.69) is 5.32 Å². The fourth-order valence-electron chi connectivity index (χ4n) is 4.00. The van der Waals surface area contributed by atoms with Crippen molar-refractivity contribution in [2.45, 2.75) is 28.5 Å². The van der Waals surface area contributed by atoms with E-state index < -0.39 is 43.0 Å². The molecule has 0 spiro atoms. The van der Waals surface area contributed by atoms with Gasteiger partial charge in [0.05, 0.1) is 21.5 Å². The molecule has 0 unspecified atom stereocenters. The van der Waals surface area contributed by atoms with Crippen LogP contribution in [-0.2, 0) is 14.6 Å². The van der Waals surface area contributed by atoms with Crippen LogP contribution in [0.2, 0.25) is 10.0 Å². The van der Waals surface area contributed by atoms with E-state index in [0.29, 0.717) is 18.0 Å². The first-order valence-electron chi connectivity index (χ1n) is 8.33. The van der Waals surface area contributed by atoms with Crippen LogP contribution >= 0.6 is 23.2 Å². The van der Waals surface area contributed by atoms with Crippen LogP contribution in [0.4, 0.5) is 8.78 Å². The molecule has 0 radical (unpaired) electrons. The molecule has 2 heterocycles. The number of ether oxygens (including phenoxy) is 1. The summed E-state index contributed by atoms with van der Waals surface area (Å²) in [7, 11) is -4.14. The second-order valence-corrected chi connectivity index (χ2v) is 9.68. The number of hydrogen-bond acceptors (Lipinski definition) is 4. The molecule has 2 aromatic carbocycles. The molecule has 2 aliphatic rings. The van der Waals surface area contributed by atoms with Crippen LogP contribution in [0.3, 0.4) is 0 Å². The van der Waals surface area contributed by atoms with E-state index in [4.69, 9.17) is 27.9 Å². The Balaban J connectivity index is 2.05. The molecule has 0 aromatic heterocycles. The lowest BCUT2D eigenvalue weighted by molar-refractivity contribution is 0.157. The van der Waals surface area contributed by atoms with Crippen molar-refractivity contribution in [1.29, 1.82) is 0 Å². The first-order valence-corrected chi connectivity index (χ1v) is 10.6. The molecule has 2 aromatic rings. The van der Waals surface area contributed by atoms with Gasteiger partial charge in [0.15, 0.2) is 27.2 Å². The first-order chi connectivity index (χ1) is 12.8. The van der Waals surface area contributed by atoms with Crippen LogP contribution in [-0.4, -0.2) is 27.6 Å². The lowest BCUT2D eigenvalue weighted by Gasteiger charge is -2.47. The average molecular weight is 434 g/mol. The number of piperidine rings is 1. The van der Waals surface area contributed by atoms with Gasteiger partial charge in [0.1, 0.15) is 11.4 Å². The molecule has 0 amide bonds. The summed E-state index contributed by atoms with van der Waals surface area (Å²) in [6.07, 6.45) is 0.582. The summed E-state index contributed by atoms with van der Waals surface area (Å²) in [5.74, 6) is -2.25. The molecule has 27 heavy (non-hydrogen) atoms. The standard InChI is InChI=1S/C18H15Cl2F2NO3S/c19-10-2-4-11(5-3-10)27(24,25)18-6-1-7-23-14(18)9-26-17-13(21)8-12(20)16(22)15(17)18/h2-5,8,14,23H,1,6-7,9H2/t14-,18-/m0/s1. The molecule has 0 bridgehead atoms. The zero-order valence-electron chi connectivity index (χ0n) is 13.9. The normalized spacial score (nSPS) is 24.7. The van der Waals surface area contributed by atoms with Crippen molar-refractivity contribution in [1.82, 2.24) is 5.32 Å². The predicted octanol–water partition coefficient (Wildman–Crippen LogP) is 4.09. The molecular formula is C18H15Cl2F2NO3S. The van der Waals surface area contributed by atoms with Crippen LogP contribution in [0.15, 0.2) is 35.2 Å². The highest BCUT2D eigenvalue weighted by Gasteiger charge is 2.59. The van der Waals surface area contributed by atoms with E-state index in [9.17, 15) is 12.8 Å². The van der Waals surface area contributed by atoms with Gasteiger partial charge in [-0.15, -0.1) is 0 Å². The van der Waals surface area contributed by atoms with E-state index in [-0.39, 0.29) is 23.5 Å². The number of benzene rings is 2. The molecule has 4 nitrogen and oxygen atoms in total. The van der Waals surface area contributed by atoms with Crippen molar-refractivity contribution >= 4 is 33.0 Å². The number of rotatable bonds is 2. The summed E-state index contributed by atoms with van der Waals surface area (Å²) in [6.45, 7) is 0.448. The van der Waals surface area contributed by atoms with Crippen molar-refractivity contribution in [3.8, 4) is 5.75 Å². The van der Waals surface area contributed by atoms with Crippen molar-refractivity contribution in [2.75, 3.05) is 13.2 Å². The van der Waals surface area contributed by atoms with Gasteiger partial charge in [0, 0.05) is 5.02 Å². The van der Waals surface area contributed by atoms with Crippen molar-refractivity contribution in [3.63, 3.8) is 0 Å². The van der Waals surface area contributed by atoms with E-state index in [1.165, 1.54) is 24.3 Å². The Morgan fingerprint density at radius 3 is 2.59 bits per heavy atom. The van der Waals surface area contributed by atoms with Crippen LogP contribution in [0.1, 0.15) is 18.4 Å². The molecule has 4 rings (SSSR count). The molecule has 144 valence electrons. The molecule has 9 heteroatoms. The number of halogens is 4. The second-order valence-electron chi connectivity index (χ2n) is 6.63. The van der Waals surface area contributed by atoms with Crippen LogP contribution in [0, 0.1) is 11.6 Å². The summed E-state index contributed by atoms with van der Waals surface area (Å²) < 4.78 is 60.7. The van der Waals surface area contributed by atoms with Gasteiger partial charge in [-0.25, -0.2) is 17.2 Å². The highest BCUT2D eigenvalue weighted by molar-refractivity contribution is 7.92. The molecule has 2 aliphatic heterocycles. The van der Waals surface area contributed by atoms with Crippen molar-refractivity contribution < 1.29 is 21.9 Å². The summed E-state index contributed by atoms with van der Waals surface area (Å²) in [4.78, 5) is -0.0202. The third kappa shape index (κ3) is 2.67. The SMILES string of the molecule is O=S(=O)(c1ccc(Cl)cc1)[C@@]12CCCN[C@H]1COc1c(F)cc(Cl)c(F)c12. The quantitative estimate of drug-likeness (QED) is 0.724. The number of sulfone groups is 1. The third-order valence-electron chi connectivity index (χ3n) is 5.23. The summed E-state index contributed by atoms with van der Waals surface area (Å²) in [6, 6.07) is 5.69. The topological polar surface area (TPSA) is 55.4 Å².